The van der Waals surface area contributed by atoms with Gasteiger partial charge in [-0.05, 0) is 12.8 Å². The van der Waals surface area contributed by atoms with E-state index >= 15 is 0 Å². The molecule has 1 nitrogen and oxygen atoms in total. The molecular formula is C10H20ClNS2. The van der Waals surface area contributed by atoms with Gasteiger partial charge in [0.1, 0.15) is 0 Å². The number of hydrogen-bond donors (Lipinski definition) is 1. The lowest BCUT2D eigenvalue weighted by molar-refractivity contribution is 0.662. The fraction of sp³-hybridized carbons (Fsp3) is 1.00. The normalized spacial score (nSPS) is 28.1. The van der Waals surface area contributed by atoms with E-state index in [9.17, 15) is 0 Å². The maximum absolute atomic E-state index is 5.92. The van der Waals surface area contributed by atoms with Crippen LogP contribution in [-0.4, -0.2) is 21.6 Å². The summed E-state index contributed by atoms with van der Waals surface area (Å²) < 4.78 is 0.576. The quantitative estimate of drug-likeness (QED) is 0.718. The second-order valence-corrected chi connectivity index (χ2v) is 7.27. The highest BCUT2D eigenvalue weighted by Gasteiger charge is 2.35. The van der Waals surface area contributed by atoms with Gasteiger partial charge < -0.3 is 5.73 Å². The van der Waals surface area contributed by atoms with Crippen molar-refractivity contribution in [3.63, 3.8) is 0 Å². The van der Waals surface area contributed by atoms with E-state index in [-0.39, 0.29) is 12.4 Å². The van der Waals surface area contributed by atoms with Gasteiger partial charge in [0.2, 0.25) is 0 Å². The van der Waals surface area contributed by atoms with Crippen LogP contribution in [-0.2, 0) is 0 Å². The number of halogens is 1. The Kier molecular flexibility index (Phi) is 5.47. The summed E-state index contributed by atoms with van der Waals surface area (Å²) in [6.45, 7) is 0. The van der Waals surface area contributed by atoms with Crippen LogP contribution in [0.1, 0.15) is 38.5 Å². The fourth-order valence-electron chi connectivity index (χ4n) is 2.16. The molecule has 0 aromatic carbocycles. The molecule has 1 heterocycles. The summed E-state index contributed by atoms with van der Waals surface area (Å²) in [5, 5.41) is 0. The molecule has 14 heavy (non-hydrogen) atoms. The number of nitrogens with two attached hydrogens (primary N) is 1. The van der Waals surface area contributed by atoms with E-state index in [0.717, 1.165) is 0 Å². The molecule has 0 radical (unpaired) electrons. The van der Waals surface area contributed by atoms with E-state index in [1.807, 2.05) is 0 Å². The minimum absolute atomic E-state index is 0. The Balaban J connectivity index is 0.000000980. The Morgan fingerprint density at radius 1 is 0.929 bits per heavy atom. The molecule has 2 aliphatic rings. The number of hydrogen-bond acceptors (Lipinski definition) is 3. The molecule has 84 valence electrons. The van der Waals surface area contributed by atoms with Crippen LogP contribution in [0.2, 0.25) is 0 Å². The van der Waals surface area contributed by atoms with Gasteiger partial charge in [0.05, 0.1) is 4.08 Å². The molecule has 0 bridgehead atoms. The van der Waals surface area contributed by atoms with Crippen LogP contribution in [0.15, 0.2) is 0 Å². The van der Waals surface area contributed by atoms with Crippen molar-refractivity contribution in [3.05, 3.63) is 0 Å². The molecule has 1 saturated carbocycles. The van der Waals surface area contributed by atoms with Crippen LogP contribution in [0, 0.1) is 0 Å². The third kappa shape index (κ3) is 3.22. The van der Waals surface area contributed by atoms with Crippen molar-refractivity contribution in [2.75, 3.05) is 11.5 Å². The van der Waals surface area contributed by atoms with Gasteiger partial charge in [0.25, 0.3) is 0 Å². The van der Waals surface area contributed by atoms with E-state index in [0.29, 0.717) is 10.1 Å². The molecule has 2 fully saturated rings. The minimum atomic E-state index is 0. The van der Waals surface area contributed by atoms with Crippen LogP contribution in [0.4, 0.5) is 0 Å². The Labute approximate surface area is 102 Å². The minimum Gasteiger partial charge on any atom is -0.326 e. The first-order chi connectivity index (χ1) is 6.31. The van der Waals surface area contributed by atoms with Crippen molar-refractivity contribution in [3.8, 4) is 0 Å². The molecule has 1 saturated heterocycles. The van der Waals surface area contributed by atoms with Crippen molar-refractivity contribution in [1.29, 1.82) is 0 Å². The molecule has 4 heteroatoms. The zero-order valence-electron chi connectivity index (χ0n) is 8.54. The van der Waals surface area contributed by atoms with Crippen molar-refractivity contribution in [1.82, 2.24) is 0 Å². The highest BCUT2D eigenvalue weighted by atomic mass is 35.5. The molecular weight excluding hydrogens is 234 g/mol. The van der Waals surface area contributed by atoms with Crippen LogP contribution < -0.4 is 5.73 Å². The molecule has 0 aromatic heterocycles. The van der Waals surface area contributed by atoms with Crippen LogP contribution >= 0.6 is 35.9 Å². The first-order valence-electron chi connectivity index (χ1n) is 5.34. The van der Waals surface area contributed by atoms with Crippen molar-refractivity contribution < 1.29 is 0 Å². The Bertz CT molecular complexity index is 160. The second kappa shape index (κ2) is 5.88. The zero-order valence-corrected chi connectivity index (χ0v) is 11.0. The summed E-state index contributed by atoms with van der Waals surface area (Å²) >= 11 is 4.29. The SMILES string of the molecule is Cl.NC1CSC2(CCCCCC2)SC1. The molecule has 2 N–H and O–H groups in total. The summed E-state index contributed by atoms with van der Waals surface area (Å²) in [6, 6.07) is 0.448. The first-order valence-corrected chi connectivity index (χ1v) is 7.31. The highest BCUT2D eigenvalue weighted by Crippen LogP contribution is 2.50. The van der Waals surface area contributed by atoms with E-state index in [1.54, 1.807) is 0 Å². The second-order valence-electron chi connectivity index (χ2n) is 4.21. The predicted octanol–water partition coefficient (Wildman–Crippen LogP) is 3.27. The smallest absolute Gasteiger partial charge is 0.0612 e. The van der Waals surface area contributed by atoms with Gasteiger partial charge in [-0.3, -0.25) is 0 Å². The average Bonchev–Trinajstić information content (AvgIpc) is 2.37. The molecule has 1 aliphatic carbocycles. The van der Waals surface area contributed by atoms with E-state index < -0.39 is 0 Å². The Hall–Kier alpha value is 0.950. The predicted molar refractivity (Wildman–Crippen MR) is 70.6 cm³/mol. The summed E-state index contributed by atoms with van der Waals surface area (Å²) in [7, 11) is 0. The van der Waals surface area contributed by atoms with E-state index in [4.69, 9.17) is 5.73 Å². The third-order valence-electron chi connectivity index (χ3n) is 2.99. The monoisotopic (exact) mass is 253 g/mol. The van der Waals surface area contributed by atoms with Crippen LogP contribution in [0.25, 0.3) is 0 Å². The van der Waals surface area contributed by atoms with Crippen molar-refractivity contribution >= 4 is 35.9 Å². The first kappa shape index (κ1) is 13.0. The van der Waals surface area contributed by atoms with Crippen LogP contribution in [0.5, 0.6) is 0 Å². The lowest BCUT2D eigenvalue weighted by atomic mass is 10.2. The van der Waals surface area contributed by atoms with Crippen molar-refractivity contribution in [2.45, 2.75) is 48.6 Å². The Morgan fingerprint density at radius 3 is 1.93 bits per heavy atom. The highest BCUT2D eigenvalue weighted by molar-refractivity contribution is 8.18. The number of rotatable bonds is 0. The fourth-order valence-corrected chi connectivity index (χ4v) is 5.48. The van der Waals surface area contributed by atoms with Gasteiger partial charge in [0, 0.05) is 17.5 Å². The summed E-state index contributed by atoms with van der Waals surface area (Å²) in [5.41, 5.74) is 5.92. The Morgan fingerprint density at radius 2 is 1.43 bits per heavy atom. The average molecular weight is 254 g/mol. The lowest BCUT2D eigenvalue weighted by Gasteiger charge is -2.37. The molecule has 1 aliphatic heterocycles. The summed E-state index contributed by atoms with van der Waals surface area (Å²) in [4.78, 5) is 0. The summed E-state index contributed by atoms with van der Waals surface area (Å²) in [6.07, 6.45) is 8.64. The van der Waals surface area contributed by atoms with Crippen LogP contribution in [0.3, 0.4) is 0 Å². The van der Waals surface area contributed by atoms with Gasteiger partial charge >= 0.3 is 0 Å². The molecule has 2 rings (SSSR count). The maximum Gasteiger partial charge on any atom is 0.0612 e. The third-order valence-corrected chi connectivity index (χ3v) is 6.75. The lowest BCUT2D eigenvalue weighted by Crippen LogP contribution is -2.36. The van der Waals surface area contributed by atoms with E-state index in [1.165, 1.54) is 50.0 Å². The molecule has 0 unspecified atom stereocenters. The van der Waals surface area contributed by atoms with E-state index in [2.05, 4.69) is 23.5 Å². The van der Waals surface area contributed by atoms with Crippen molar-refractivity contribution in [2.24, 2.45) is 5.73 Å². The molecule has 0 aromatic rings. The standard InChI is InChI=1S/C10H19NS2.ClH/c11-9-7-12-10(13-8-9)5-3-1-2-4-6-10;/h9H,1-8,11H2;1H. The van der Waals surface area contributed by atoms with Gasteiger partial charge in [-0.25, -0.2) is 0 Å². The molecule has 0 atom stereocenters. The molecule has 0 amide bonds. The topological polar surface area (TPSA) is 26.0 Å². The summed E-state index contributed by atoms with van der Waals surface area (Å²) in [5.74, 6) is 2.38. The largest absolute Gasteiger partial charge is 0.326 e. The molecule has 1 spiro atoms. The van der Waals surface area contributed by atoms with Gasteiger partial charge in [0.15, 0.2) is 0 Å². The zero-order chi connectivity index (χ0) is 9.15. The number of thioether (sulfide) groups is 2. The van der Waals surface area contributed by atoms with Gasteiger partial charge in [-0.2, -0.15) is 0 Å². The maximum atomic E-state index is 5.92. The van der Waals surface area contributed by atoms with Gasteiger partial charge in [-0.15, -0.1) is 35.9 Å². The van der Waals surface area contributed by atoms with Gasteiger partial charge in [-0.1, -0.05) is 25.7 Å².